The molecule has 0 heterocycles. The first kappa shape index (κ1) is 17.5. The molecule has 2 heteroatoms. The summed E-state index contributed by atoms with van der Waals surface area (Å²) in [6.07, 6.45) is 19.4. The molecule has 132 valence electrons. The molecule has 0 bridgehead atoms. The van der Waals surface area contributed by atoms with E-state index in [4.69, 9.17) is 4.74 Å². The van der Waals surface area contributed by atoms with Crippen LogP contribution in [0.2, 0.25) is 0 Å². The first-order chi connectivity index (χ1) is 11.2. The second-order valence-corrected chi connectivity index (χ2v) is 8.39. The van der Waals surface area contributed by atoms with Crippen LogP contribution in [0, 0.1) is 17.3 Å². The van der Waals surface area contributed by atoms with Crippen LogP contribution in [-0.4, -0.2) is 23.9 Å². The van der Waals surface area contributed by atoms with Gasteiger partial charge in [0.05, 0.1) is 18.8 Å². The molecule has 23 heavy (non-hydrogen) atoms. The highest BCUT2D eigenvalue weighted by Crippen LogP contribution is 2.56. The van der Waals surface area contributed by atoms with Crippen molar-refractivity contribution < 1.29 is 9.84 Å². The molecule has 0 aromatic carbocycles. The van der Waals surface area contributed by atoms with Gasteiger partial charge in [-0.25, -0.2) is 0 Å². The Balaban J connectivity index is 1.64. The summed E-state index contributed by atoms with van der Waals surface area (Å²) in [4.78, 5) is 0. The van der Waals surface area contributed by atoms with Gasteiger partial charge in [0.15, 0.2) is 0 Å². The molecule has 3 aliphatic rings. The molecule has 0 amide bonds. The summed E-state index contributed by atoms with van der Waals surface area (Å²) in [6, 6.07) is 0. The van der Waals surface area contributed by atoms with E-state index >= 15 is 0 Å². The van der Waals surface area contributed by atoms with Crippen molar-refractivity contribution in [2.45, 2.75) is 95.7 Å². The topological polar surface area (TPSA) is 29.5 Å². The van der Waals surface area contributed by atoms with E-state index in [0.29, 0.717) is 18.1 Å². The summed E-state index contributed by atoms with van der Waals surface area (Å²) in [5, 5.41) is 9.91. The van der Waals surface area contributed by atoms with E-state index in [2.05, 4.69) is 6.58 Å². The predicted molar refractivity (Wildman–Crippen MR) is 95.4 cm³/mol. The zero-order valence-electron chi connectivity index (χ0n) is 14.8. The van der Waals surface area contributed by atoms with E-state index in [0.717, 1.165) is 24.7 Å². The van der Waals surface area contributed by atoms with Crippen molar-refractivity contribution in [3.63, 3.8) is 0 Å². The normalized spacial score (nSPS) is 38.1. The highest BCUT2D eigenvalue weighted by atomic mass is 16.5. The van der Waals surface area contributed by atoms with E-state index in [1.165, 1.54) is 70.6 Å². The molecule has 0 unspecified atom stereocenters. The average Bonchev–Trinajstić information content (AvgIpc) is 2.61. The number of aliphatic hydroxyl groups excluding tert-OH is 1. The third kappa shape index (κ3) is 4.02. The van der Waals surface area contributed by atoms with Gasteiger partial charge in [-0.1, -0.05) is 25.3 Å². The summed E-state index contributed by atoms with van der Waals surface area (Å²) in [7, 11) is 0. The number of aliphatic hydroxyl groups is 1. The Morgan fingerprint density at radius 2 is 1.43 bits per heavy atom. The summed E-state index contributed by atoms with van der Waals surface area (Å²) in [6.45, 7) is 4.48. The minimum Gasteiger partial charge on any atom is -0.393 e. The van der Waals surface area contributed by atoms with E-state index in [9.17, 15) is 5.11 Å². The van der Waals surface area contributed by atoms with Gasteiger partial charge >= 0.3 is 0 Å². The van der Waals surface area contributed by atoms with Crippen LogP contribution in [0.1, 0.15) is 83.5 Å². The fourth-order valence-corrected chi connectivity index (χ4v) is 6.02. The van der Waals surface area contributed by atoms with Gasteiger partial charge in [-0.2, -0.15) is 0 Å². The van der Waals surface area contributed by atoms with E-state index in [-0.39, 0.29) is 6.10 Å². The van der Waals surface area contributed by atoms with Gasteiger partial charge < -0.3 is 9.84 Å². The van der Waals surface area contributed by atoms with E-state index in [1.807, 2.05) is 6.08 Å². The molecule has 3 aliphatic carbocycles. The molecule has 0 atom stereocenters. The lowest BCUT2D eigenvalue weighted by Gasteiger charge is -2.52. The van der Waals surface area contributed by atoms with E-state index < -0.39 is 0 Å². The first-order valence-electron chi connectivity index (χ1n) is 10.1. The number of hydrogen-bond acceptors (Lipinski definition) is 2. The van der Waals surface area contributed by atoms with Crippen LogP contribution in [0.4, 0.5) is 0 Å². The third-order valence-corrected chi connectivity index (χ3v) is 7.23. The summed E-state index contributed by atoms with van der Waals surface area (Å²) in [5.41, 5.74) is 0.599. The number of ether oxygens (including phenoxy) is 1. The van der Waals surface area contributed by atoms with Crippen molar-refractivity contribution >= 4 is 0 Å². The molecule has 0 aliphatic heterocycles. The molecule has 3 fully saturated rings. The van der Waals surface area contributed by atoms with Crippen LogP contribution in [0.25, 0.3) is 0 Å². The van der Waals surface area contributed by atoms with Crippen molar-refractivity contribution in [3.8, 4) is 0 Å². The van der Waals surface area contributed by atoms with Crippen LogP contribution < -0.4 is 0 Å². The van der Waals surface area contributed by atoms with Gasteiger partial charge in [-0.3, -0.25) is 0 Å². The second kappa shape index (κ2) is 8.16. The van der Waals surface area contributed by atoms with Crippen molar-refractivity contribution in [2.75, 3.05) is 6.61 Å². The Kier molecular flexibility index (Phi) is 6.20. The smallest absolute Gasteiger partial charge is 0.0648 e. The molecule has 0 saturated heterocycles. The van der Waals surface area contributed by atoms with Gasteiger partial charge in [0.1, 0.15) is 0 Å². The lowest BCUT2D eigenvalue weighted by molar-refractivity contribution is -0.0531. The molecule has 0 radical (unpaired) electrons. The largest absolute Gasteiger partial charge is 0.393 e. The molecule has 1 N–H and O–H groups in total. The van der Waals surface area contributed by atoms with Crippen molar-refractivity contribution in [3.05, 3.63) is 12.7 Å². The minimum absolute atomic E-state index is 0.0186. The molecule has 0 spiro atoms. The fourth-order valence-electron chi connectivity index (χ4n) is 6.02. The fraction of sp³-hybridized carbons (Fsp3) is 0.905. The van der Waals surface area contributed by atoms with Gasteiger partial charge in [-0.15, -0.1) is 6.58 Å². The average molecular weight is 321 g/mol. The van der Waals surface area contributed by atoms with Crippen LogP contribution in [0.15, 0.2) is 12.7 Å². The van der Waals surface area contributed by atoms with Crippen LogP contribution in [0.5, 0.6) is 0 Å². The third-order valence-electron chi connectivity index (χ3n) is 7.23. The Morgan fingerprint density at radius 3 is 2.00 bits per heavy atom. The molecule has 0 aromatic rings. The van der Waals surface area contributed by atoms with Gasteiger partial charge in [0.25, 0.3) is 0 Å². The Hall–Kier alpha value is -0.340. The SMILES string of the molecule is C=CCOC1CCC(C2(C3CCC(O)CC3)CCCCC2)CC1. The van der Waals surface area contributed by atoms with Crippen LogP contribution >= 0.6 is 0 Å². The standard InChI is InChI=1S/C21H36O2/c1-2-16-23-20-12-8-18(9-13-20)21(14-4-3-5-15-21)17-6-10-19(22)11-7-17/h2,17-20,22H,1,3-16H2. The number of hydrogen-bond donors (Lipinski definition) is 1. The quantitative estimate of drug-likeness (QED) is 0.701. The van der Waals surface area contributed by atoms with Crippen molar-refractivity contribution in [2.24, 2.45) is 17.3 Å². The zero-order valence-corrected chi connectivity index (χ0v) is 14.8. The Morgan fingerprint density at radius 1 is 0.870 bits per heavy atom. The van der Waals surface area contributed by atoms with Crippen molar-refractivity contribution in [1.82, 2.24) is 0 Å². The monoisotopic (exact) mass is 320 g/mol. The predicted octanol–water partition coefficient (Wildman–Crippen LogP) is 5.25. The molecular formula is C21H36O2. The summed E-state index contributed by atoms with van der Waals surface area (Å²) >= 11 is 0. The molecule has 3 saturated carbocycles. The van der Waals surface area contributed by atoms with E-state index in [1.54, 1.807) is 0 Å². The van der Waals surface area contributed by atoms with Gasteiger partial charge in [0, 0.05) is 0 Å². The second-order valence-electron chi connectivity index (χ2n) is 8.39. The lowest BCUT2D eigenvalue weighted by Crippen LogP contribution is -2.44. The maximum Gasteiger partial charge on any atom is 0.0648 e. The minimum atomic E-state index is -0.0186. The number of rotatable bonds is 5. The van der Waals surface area contributed by atoms with Crippen LogP contribution in [0.3, 0.4) is 0 Å². The molecule has 2 nitrogen and oxygen atoms in total. The highest BCUT2D eigenvalue weighted by molar-refractivity contribution is 4.97. The molecular weight excluding hydrogens is 284 g/mol. The summed E-state index contributed by atoms with van der Waals surface area (Å²) in [5.74, 6) is 1.79. The molecule has 0 aromatic heterocycles. The Labute approximate surface area is 142 Å². The van der Waals surface area contributed by atoms with Gasteiger partial charge in [0.2, 0.25) is 0 Å². The summed E-state index contributed by atoms with van der Waals surface area (Å²) < 4.78 is 5.91. The highest BCUT2D eigenvalue weighted by Gasteiger charge is 2.47. The maximum absolute atomic E-state index is 9.91. The first-order valence-corrected chi connectivity index (χ1v) is 10.1. The van der Waals surface area contributed by atoms with Crippen LogP contribution in [-0.2, 0) is 4.74 Å². The Bertz CT molecular complexity index is 356. The lowest BCUT2D eigenvalue weighted by atomic mass is 9.53. The van der Waals surface area contributed by atoms with Crippen molar-refractivity contribution in [1.29, 1.82) is 0 Å². The zero-order chi connectivity index (χ0) is 16.1. The molecule has 3 rings (SSSR count). The maximum atomic E-state index is 9.91. The van der Waals surface area contributed by atoms with Gasteiger partial charge in [-0.05, 0) is 81.5 Å².